The average molecular weight is 379 g/mol. The van der Waals surface area contributed by atoms with E-state index in [0.29, 0.717) is 0 Å². The zero-order valence-corrected chi connectivity index (χ0v) is 16.1. The molecule has 0 radical (unpaired) electrons. The standard InChI is InChI=1S/C19H27BrN2O/c1-13(2)22(14(3)4)19(23)17-7-5-15(6-8-17)18(20)16-9-11-21-12-10-16/h5-8,13-14,21H,9-12H2,1-4H3. The van der Waals surface area contributed by atoms with Crippen LogP contribution in [0, 0.1) is 0 Å². The fraction of sp³-hybridized carbons (Fsp3) is 0.526. The van der Waals surface area contributed by atoms with E-state index < -0.39 is 0 Å². The molecule has 1 saturated heterocycles. The predicted octanol–water partition coefficient (Wildman–Crippen LogP) is 4.44. The normalized spacial score (nSPS) is 15.2. The predicted molar refractivity (Wildman–Crippen MR) is 101 cm³/mol. The molecule has 0 bridgehead atoms. The van der Waals surface area contributed by atoms with Crippen LogP contribution in [0.15, 0.2) is 29.8 Å². The Kier molecular flexibility index (Phi) is 6.42. The van der Waals surface area contributed by atoms with Crippen LogP contribution < -0.4 is 5.32 Å². The summed E-state index contributed by atoms with van der Waals surface area (Å²) < 4.78 is 1.18. The quantitative estimate of drug-likeness (QED) is 0.839. The van der Waals surface area contributed by atoms with Crippen molar-refractivity contribution in [3.63, 3.8) is 0 Å². The Balaban J connectivity index is 2.20. The molecule has 0 unspecified atom stereocenters. The molecule has 126 valence electrons. The van der Waals surface area contributed by atoms with E-state index in [1.165, 1.54) is 10.1 Å². The van der Waals surface area contributed by atoms with Gasteiger partial charge in [-0.25, -0.2) is 0 Å². The first kappa shape index (κ1) is 18.2. The first-order valence-electron chi connectivity index (χ1n) is 8.43. The summed E-state index contributed by atoms with van der Waals surface area (Å²) in [5.74, 6) is 0.104. The number of carbonyl (C=O) groups is 1. The van der Waals surface area contributed by atoms with E-state index in [9.17, 15) is 4.79 Å². The number of hydrogen-bond acceptors (Lipinski definition) is 2. The van der Waals surface area contributed by atoms with Gasteiger partial charge in [0.25, 0.3) is 5.91 Å². The smallest absolute Gasteiger partial charge is 0.254 e. The first-order valence-corrected chi connectivity index (χ1v) is 9.22. The largest absolute Gasteiger partial charge is 0.334 e. The lowest BCUT2D eigenvalue weighted by Gasteiger charge is -2.31. The van der Waals surface area contributed by atoms with Gasteiger partial charge in [0, 0.05) is 22.1 Å². The van der Waals surface area contributed by atoms with Crippen LogP contribution in [0.25, 0.3) is 4.48 Å². The molecule has 1 aromatic carbocycles. The second-order valence-electron chi connectivity index (χ2n) is 6.64. The summed E-state index contributed by atoms with van der Waals surface area (Å²) in [4.78, 5) is 14.6. The fourth-order valence-corrected chi connectivity index (χ4v) is 3.79. The van der Waals surface area contributed by atoms with Crippen LogP contribution in [0.1, 0.15) is 56.5 Å². The van der Waals surface area contributed by atoms with Crippen LogP contribution in [0.5, 0.6) is 0 Å². The van der Waals surface area contributed by atoms with Gasteiger partial charge in [0.05, 0.1) is 0 Å². The van der Waals surface area contributed by atoms with Crippen molar-refractivity contribution in [1.82, 2.24) is 10.2 Å². The third kappa shape index (κ3) is 4.45. The van der Waals surface area contributed by atoms with Gasteiger partial charge in [0.15, 0.2) is 0 Å². The van der Waals surface area contributed by atoms with Crippen LogP contribution in [0.2, 0.25) is 0 Å². The summed E-state index contributed by atoms with van der Waals surface area (Å²) in [5, 5.41) is 3.37. The number of benzene rings is 1. The number of nitrogens with one attached hydrogen (secondary N) is 1. The highest BCUT2D eigenvalue weighted by atomic mass is 79.9. The van der Waals surface area contributed by atoms with E-state index in [1.807, 2.05) is 29.2 Å². The minimum absolute atomic E-state index is 0.104. The lowest BCUT2D eigenvalue weighted by molar-refractivity contribution is 0.0644. The number of hydrogen-bond donors (Lipinski definition) is 1. The summed E-state index contributed by atoms with van der Waals surface area (Å²) in [6, 6.07) is 8.38. The van der Waals surface area contributed by atoms with E-state index in [2.05, 4.69) is 48.9 Å². The van der Waals surface area contributed by atoms with Gasteiger partial charge in [0.2, 0.25) is 0 Å². The topological polar surface area (TPSA) is 32.3 Å². The molecule has 0 aromatic heterocycles. The molecule has 0 saturated carbocycles. The number of nitrogens with zero attached hydrogens (tertiary/aromatic N) is 1. The van der Waals surface area contributed by atoms with Crippen molar-refractivity contribution in [1.29, 1.82) is 0 Å². The molecule has 23 heavy (non-hydrogen) atoms. The molecular weight excluding hydrogens is 352 g/mol. The van der Waals surface area contributed by atoms with Gasteiger partial charge in [-0.3, -0.25) is 4.79 Å². The molecular formula is C19H27BrN2O. The Morgan fingerprint density at radius 2 is 1.48 bits per heavy atom. The highest BCUT2D eigenvalue weighted by Crippen LogP contribution is 2.30. The Hall–Kier alpha value is -1.13. The molecule has 1 aliphatic heterocycles. The Morgan fingerprint density at radius 1 is 1.00 bits per heavy atom. The second-order valence-corrected chi connectivity index (χ2v) is 7.44. The molecule has 0 aliphatic carbocycles. The van der Waals surface area contributed by atoms with Crippen molar-refractivity contribution in [2.45, 2.75) is 52.6 Å². The van der Waals surface area contributed by atoms with E-state index in [4.69, 9.17) is 0 Å². The maximum atomic E-state index is 12.7. The summed E-state index contributed by atoms with van der Waals surface area (Å²) in [7, 11) is 0. The van der Waals surface area contributed by atoms with Gasteiger partial charge in [0.1, 0.15) is 0 Å². The molecule has 0 spiro atoms. The van der Waals surface area contributed by atoms with Crippen LogP contribution in [0.3, 0.4) is 0 Å². The molecule has 1 heterocycles. The van der Waals surface area contributed by atoms with E-state index in [0.717, 1.165) is 37.1 Å². The molecule has 1 amide bonds. The molecule has 2 rings (SSSR count). The summed E-state index contributed by atoms with van der Waals surface area (Å²) in [6.45, 7) is 10.3. The first-order chi connectivity index (χ1) is 10.9. The van der Waals surface area contributed by atoms with Crippen LogP contribution >= 0.6 is 15.9 Å². The Labute approximate surface area is 148 Å². The average Bonchev–Trinajstić information content (AvgIpc) is 2.54. The second kappa shape index (κ2) is 8.11. The van der Waals surface area contributed by atoms with Crippen molar-refractivity contribution in [2.24, 2.45) is 0 Å². The maximum Gasteiger partial charge on any atom is 0.254 e. The van der Waals surface area contributed by atoms with Crippen molar-refractivity contribution in [3.05, 3.63) is 41.0 Å². The third-order valence-electron chi connectivity index (χ3n) is 4.25. The molecule has 0 atom stereocenters. The highest BCUT2D eigenvalue weighted by Gasteiger charge is 2.21. The molecule has 3 nitrogen and oxygen atoms in total. The monoisotopic (exact) mass is 378 g/mol. The molecule has 1 aliphatic rings. The van der Waals surface area contributed by atoms with Crippen LogP contribution in [0.4, 0.5) is 0 Å². The maximum absolute atomic E-state index is 12.7. The van der Waals surface area contributed by atoms with Gasteiger partial charge in [-0.15, -0.1) is 0 Å². The third-order valence-corrected chi connectivity index (χ3v) is 5.27. The van der Waals surface area contributed by atoms with E-state index in [1.54, 1.807) is 0 Å². The minimum atomic E-state index is 0.104. The van der Waals surface area contributed by atoms with Gasteiger partial charge in [-0.2, -0.15) is 0 Å². The van der Waals surface area contributed by atoms with Crippen molar-refractivity contribution in [2.75, 3.05) is 13.1 Å². The van der Waals surface area contributed by atoms with Crippen LogP contribution in [-0.4, -0.2) is 36.0 Å². The number of rotatable bonds is 4. The number of halogens is 1. The van der Waals surface area contributed by atoms with Crippen molar-refractivity contribution in [3.8, 4) is 0 Å². The van der Waals surface area contributed by atoms with E-state index >= 15 is 0 Å². The van der Waals surface area contributed by atoms with Crippen molar-refractivity contribution >= 4 is 26.3 Å². The zero-order valence-electron chi connectivity index (χ0n) is 14.5. The Bertz CT molecular complexity index is 560. The van der Waals surface area contributed by atoms with Gasteiger partial charge < -0.3 is 10.2 Å². The summed E-state index contributed by atoms with van der Waals surface area (Å²) >= 11 is 3.74. The molecule has 4 heteroatoms. The van der Waals surface area contributed by atoms with Gasteiger partial charge >= 0.3 is 0 Å². The summed E-state index contributed by atoms with van der Waals surface area (Å²) in [5.41, 5.74) is 3.36. The van der Waals surface area contributed by atoms with Crippen molar-refractivity contribution < 1.29 is 4.79 Å². The van der Waals surface area contributed by atoms with E-state index in [-0.39, 0.29) is 18.0 Å². The highest BCUT2D eigenvalue weighted by molar-refractivity contribution is 9.15. The zero-order chi connectivity index (χ0) is 17.0. The number of amides is 1. The number of carbonyl (C=O) groups excluding carboxylic acids is 1. The fourth-order valence-electron chi connectivity index (χ4n) is 3.13. The molecule has 1 aromatic rings. The van der Waals surface area contributed by atoms with Crippen LogP contribution in [-0.2, 0) is 0 Å². The van der Waals surface area contributed by atoms with Gasteiger partial charge in [-0.05, 0) is 71.3 Å². The lowest BCUT2D eigenvalue weighted by Crippen LogP contribution is -2.42. The minimum Gasteiger partial charge on any atom is -0.334 e. The Morgan fingerprint density at radius 3 is 1.96 bits per heavy atom. The number of piperidine rings is 1. The van der Waals surface area contributed by atoms with Gasteiger partial charge in [-0.1, -0.05) is 33.6 Å². The molecule has 1 N–H and O–H groups in total. The SMILES string of the molecule is CC(C)N(C(=O)c1ccc(C(Br)=C2CCNCC2)cc1)C(C)C. The molecule has 1 fully saturated rings. The summed E-state index contributed by atoms with van der Waals surface area (Å²) in [6.07, 6.45) is 2.16. The lowest BCUT2D eigenvalue weighted by atomic mass is 10.0.